The third-order valence-corrected chi connectivity index (χ3v) is 6.18. The number of nitrogens with zero attached hydrogens (tertiary/aromatic N) is 1. The summed E-state index contributed by atoms with van der Waals surface area (Å²) in [6.07, 6.45) is 0.224. The maximum Gasteiger partial charge on any atom is 0.336 e. The summed E-state index contributed by atoms with van der Waals surface area (Å²) in [7, 11) is 3.64. The molecule has 1 unspecified atom stereocenters. The Kier molecular flexibility index (Phi) is 4.12. The zero-order chi connectivity index (χ0) is 19.7. The molecular formula is C19H25NO7. The monoisotopic (exact) mass is 379 g/mol. The van der Waals surface area contributed by atoms with Crippen molar-refractivity contribution in [3.63, 3.8) is 0 Å². The summed E-state index contributed by atoms with van der Waals surface area (Å²) in [5, 5.41) is 0. The Morgan fingerprint density at radius 2 is 2.00 bits per heavy atom. The second kappa shape index (κ2) is 6.04. The number of hydrogen-bond donors (Lipinski definition) is 0. The zero-order valence-corrected chi connectivity index (χ0v) is 16.1. The zero-order valence-electron chi connectivity index (χ0n) is 16.1. The first-order valence-electron chi connectivity index (χ1n) is 9.27. The Morgan fingerprint density at radius 3 is 2.63 bits per heavy atom. The fourth-order valence-electron chi connectivity index (χ4n) is 4.83. The van der Waals surface area contributed by atoms with Crippen LogP contribution >= 0.6 is 0 Å². The number of epoxide rings is 1. The molecule has 8 heteroatoms. The topological polar surface area (TPSA) is 94.7 Å². The van der Waals surface area contributed by atoms with Crippen molar-refractivity contribution < 1.29 is 33.3 Å². The second-order valence-corrected chi connectivity index (χ2v) is 8.37. The maximum atomic E-state index is 12.7. The number of esters is 3. The van der Waals surface area contributed by atoms with Crippen LogP contribution in [-0.2, 0) is 33.3 Å². The summed E-state index contributed by atoms with van der Waals surface area (Å²) >= 11 is 0. The van der Waals surface area contributed by atoms with E-state index in [0.717, 1.165) is 0 Å². The van der Waals surface area contributed by atoms with Crippen molar-refractivity contribution in [3.05, 3.63) is 11.6 Å². The van der Waals surface area contributed by atoms with Gasteiger partial charge in [-0.2, -0.15) is 0 Å². The minimum absolute atomic E-state index is 0.256. The second-order valence-electron chi connectivity index (χ2n) is 8.37. The molecule has 2 saturated heterocycles. The summed E-state index contributed by atoms with van der Waals surface area (Å²) in [6, 6.07) is -0.497. The molecule has 0 saturated carbocycles. The van der Waals surface area contributed by atoms with Gasteiger partial charge in [-0.25, -0.2) is 4.79 Å². The first-order valence-corrected chi connectivity index (χ1v) is 9.27. The molecule has 4 rings (SSSR count). The van der Waals surface area contributed by atoms with E-state index in [2.05, 4.69) is 0 Å². The molecule has 1 aliphatic carbocycles. The molecule has 0 aromatic carbocycles. The van der Waals surface area contributed by atoms with E-state index in [4.69, 9.17) is 18.9 Å². The van der Waals surface area contributed by atoms with Gasteiger partial charge in [0.15, 0.2) is 6.10 Å². The van der Waals surface area contributed by atoms with Gasteiger partial charge in [0.1, 0.15) is 18.3 Å². The Morgan fingerprint density at radius 1 is 1.30 bits per heavy atom. The van der Waals surface area contributed by atoms with Gasteiger partial charge in [0.2, 0.25) is 0 Å². The van der Waals surface area contributed by atoms with E-state index in [0.29, 0.717) is 12.0 Å². The quantitative estimate of drug-likeness (QED) is 0.388. The van der Waals surface area contributed by atoms with Crippen LogP contribution in [0.25, 0.3) is 0 Å². The highest BCUT2D eigenvalue weighted by Crippen LogP contribution is 2.50. The number of rotatable bonds is 2. The van der Waals surface area contributed by atoms with Crippen molar-refractivity contribution >= 4 is 17.9 Å². The van der Waals surface area contributed by atoms with Crippen LogP contribution in [0.5, 0.6) is 0 Å². The summed E-state index contributed by atoms with van der Waals surface area (Å²) in [6.45, 7) is 5.07. The van der Waals surface area contributed by atoms with E-state index >= 15 is 0 Å². The summed E-state index contributed by atoms with van der Waals surface area (Å²) in [4.78, 5) is 38.5. The Balaban J connectivity index is 1.80. The average Bonchev–Trinajstić information content (AvgIpc) is 2.95. The minimum atomic E-state index is -0.661. The molecular weight excluding hydrogens is 354 g/mol. The van der Waals surface area contributed by atoms with E-state index in [1.807, 2.05) is 25.9 Å². The van der Waals surface area contributed by atoms with Gasteiger partial charge in [-0.05, 0) is 27.1 Å². The van der Waals surface area contributed by atoms with Gasteiger partial charge >= 0.3 is 17.9 Å². The van der Waals surface area contributed by atoms with Crippen LogP contribution in [0.1, 0.15) is 27.2 Å². The van der Waals surface area contributed by atoms with Gasteiger partial charge in [0.05, 0.1) is 23.1 Å². The van der Waals surface area contributed by atoms with Gasteiger partial charge in [-0.1, -0.05) is 6.92 Å². The van der Waals surface area contributed by atoms with Gasteiger partial charge in [0.25, 0.3) is 0 Å². The molecule has 0 N–H and O–H groups in total. The number of ether oxygens (including phenoxy) is 4. The third kappa shape index (κ3) is 2.86. The fourth-order valence-corrected chi connectivity index (χ4v) is 4.83. The highest BCUT2D eigenvalue weighted by Gasteiger charge is 2.65. The van der Waals surface area contributed by atoms with Gasteiger partial charge in [0, 0.05) is 19.3 Å². The van der Waals surface area contributed by atoms with Crippen LogP contribution in [0, 0.1) is 11.8 Å². The van der Waals surface area contributed by atoms with E-state index in [9.17, 15) is 14.4 Å². The molecule has 0 aromatic rings. The predicted octanol–water partition coefficient (Wildman–Crippen LogP) is 0.439. The van der Waals surface area contributed by atoms with Crippen LogP contribution in [-0.4, -0.2) is 73.0 Å². The van der Waals surface area contributed by atoms with Crippen molar-refractivity contribution in [2.45, 2.75) is 63.3 Å². The number of likely N-dealkylation sites (N-methyl/N-ethyl adjacent to an activating group) is 1. The average molecular weight is 379 g/mol. The largest absolute Gasteiger partial charge is 0.462 e. The molecule has 3 heterocycles. The van der Waals surface area contributed by atoms with Crippen molar-refractivity contribution in [1.29, 1.82) is 0 Å². The number of carbonyl (C=O) groups excluding carboxylic acids is 3. The first-order chi connectivity index (χ1) is 12.6. The lowest BCUT2D eigenvalue weighted by Gasteiger charge is -2.32. The molecule has 4 aliphatic rings. The van der Waals surface area contributed by atoms with Crippen molar-refractivity contribution in [3.8, 4) is 0 Å². The van der Waals surface area contributed by atoms with Crippen LogP contribution < -0.4 is 0 Å². The van der Waals surface area contributed by atoms with Gasteiger partial charge in [-0.3, -0.25) is 14.5 Å². The van der Waals surface area contributed by atoms with E-state index in [-0.39, 0.29) is 17.8 Å². The lowest BCUT2D eigenvalue weighted by Crippen LogP contribution is -2.48. The normalized spacial score (nSPS) is 45.4. The van der Waals surface area contributed by atoms with Crippen LogP contribution in [0.4, 0.5) is 0 Å². The minimum Gasteiger partial charge on any atom is -0.462 e. The predicted molar refractivity (Wildman–Crippen MR) is 91.4 cm³/mol. The summed E-state index contributed by atoms with van der Waals surface area (Å²) < 4.78 is 22.8. The highest BCUT2D eigenvalue weighted by atomic mass is 16.6. The van der Waals surface area contributed by atoms with Gasteiger partial charge < -0.3 is 18.9 Å². The van der Waals surface area contributed by atoms with Crippen molar-refractivity contribution in [1.82, 2.24) is 4.90 Å². The lowest BCUT2D eigenvalue weighted by molar-refractivity contribution is -0.152. The Bertz CT molecular complexity index is 732. The molecule has 0 amide bonds. The third-order valence-electron chi connectivity index (χ3n) is 6.18. The summed E-state index contributed by atoms with van der Waals surface area (Å²) in [5.41, 5.74) is -0.163. The molecule has 27 heavy (non-hydrogen) atoms. The molecule has 0 aromatic heterocycles. The van der Waals surface area contributed by atoms with E-state index in [1.54, 1.807) is 13.0 Å². The fraction of sp³-hybridized carbons (Fsp3) is 0.737. The van der Waals surface area contributed by atoms with Crippen molar-refractivity contribution in [2.24, 2.45) is 11.8 Å². The van der Waals surface area contributed by atoms with Crippen LogP contribution in [0.15, 0.2) is 11.6 Å². The van der Waals surface area contributed by atoms with Gasteiger partial charge in [-0.15, -0.1) is 0 Å². The molecule has 0 spiro atoms. The standard InChI is InChI=1S/C19H25NO7/c1-8-13-11-6-10(18(23)25-11)14(20(4)5)15(24-9(2)21)16-19(3,27-16)7-12(13)26-17(8)22/h6,8,11-16H,7H2,1-5H3/t8?,11-,12+,13+,14+,15+,16+,19+/m1/s1. The SMILES string of the molecule is CC(=O)O[C@H]1[C@@H](N(C)C)C2=C[C@@H](OC2=O)[C@@H]2C(C)C(=O)O[C@H]2C[C@]2(C)O[C@@H]12. The Labute approximate surface area is 157 Å². The molecule has 2 fully saturated rings. The van der Waals surface area contributed by atoms with Crippen molar-refractivity contribution in [2.75, 3.05) is 14.1 Å². The molecule has 3 aliphatic heterocycles. The number of hydrogen-bond acceptors (Lipinski definition) is 8. The Hall–Kier alpha value is -1.93. The smallest absolute Gasteiger partial charge is 0.336 e. The van der Waals surface area contributed by atoms with Crippen LogP contribution in [0.3, 0.4) is 0 Å². The number of fused-ring (bicyclic) bond motifs is 4. The molecule has 8 nitrogen and oxygen atoms in total. The maximum absolute atomic E-state index is 12.7. The molecule has 148 valence electrons. The molecule has 2 bridgehead atoms. The number of carbonyl (C=O) groups is 3. The molecule has 8 atom stereocenters. The first kappa shape index (κ1) is 18.4. The lowest BCUT2D eigenvalue weighted by atomic mass is 9.79. The highest BCUT2D eigenvalue weighted by molar-refractivity contribution is 5.93. The molecule has 0 radical (unpaired) electrons. The van der Waals surface area contributed by atoms with Crippen LogP contribution in [0.2, 0.25) is 0 Å². The summed E-state index contributed by atoms with van der Waals surface area (Å²) in [5.74, 6) is -1.81. The van der Waals surface area contributed by atoms with E-state index < -0.39 is 48.0 Å². The van der Waals surface area contributed by atoms with E-state index in [1.165, 1.54) is 6.92 Å².